The van der Waals surface area contributed by atoms with Crippen molar-refractivity contribution < 1.29 is 19.1 Å². The first-order chi connectivity index (χ1) is 14.1. The first-order valence-corrected chi connectivity index (χ1v) is 9.92. The molecule has 150 valence electrons. The van der Waals surface area contributed by atoms with Crippen LogP contribution in [0, 0.1) is 0 Å². The molecule has 3 rings (SSSR count). The Morgan fingerprint density at radius 2 is 1.83 bits per heavy atom. The van der Waals surface area contributed by atoms with Crippen LogP contribution in [0.4, 0.5) is 5.69 Å². The summed E-state index contributed by atoms with van der Waals surface area (Å²) < 4.78 is 10.6. The lowest BCUT2D eigenvalue weighted by atomic mass is 10.1. The minimum Gasteiger partial charge on any atom is -0.497 e. The molecule has 0 aliphatic rings. The van der Waals surface area contributed by atoms with Gasteiger partial charge in [0.1, 0.15) is 11.5 Å². The Morgan fingerprint density at radius 3 is 2.55 bits per heavy atom. The van der Waals surface area contributed by atoms with Crippen molar-refractivity contribution in [2.75, 3.05) is 26.1 Å². The van der Waals surface area contributed by atoms with Gasteiger partial charge in [0.05, 0.1) is 19.1 Å². The molecule has 0 bridgehead atoms. The standard InChI is InChI=1S/C22H22N2O4S/c1-27-18-8-9-19(28-2)15(14-18)10-11-23-21(25)16-5-3-6-17(13-16)24-22(26)20-7-4-12-29-20/h3-9,12-14H,10-11H2,1-2H3,(H,23,25)(H,24,26). The molecule has 7 heteroatoms. The smallest absolute Gasteiger partial charge is 0.265 e. The third kappa shape index (κ3) is 5.36. The summed E-state index contributed by atoms with van der Waals surface area (Å²) in [6.45, 7) is 0.439. The van der Waals surface area contributed by atoms with Crippen LogP contribution >= 0.6 is 11.3 Å². The lowest BCUT2D eigenvalue weighted by Crippen LogP contribution is -2.26. The Morgan fingerprint density at radius 1 is 0.966 bits per heavy atom. The average molecular weight is 410 g/mol. The number of benzene rings is 2. The Bertz CT molecular complexity index is 986. The van der Waals surface area contributed by atoms with E-state index in [1.54, 1.807) is 44.6 Å². The molecule has 0 spiro atoms. The molecule has 0 radical (unpaired) electrons. The highest BCUT2D eigenvalue weighted by atomic mass is 32.1. The zero-order chi connectivity index (χ0) is 20.6. The number of hydrogen-bond donors (Lipinski definition) is 2. The van der Waals surface area contributed by atoms with Crippen LogP contribution in [0.25, 0.3) is 0 Å². The maximum absolute atomic E-state index is 12.5. The zero-order valence-corrected chi connectivity index (χ0v) is 17.0. The number of nitrogens with one attached hydrogen (secondary N) is 2. The number of methoxy groups -OCH3 is 2. The summed E-state index contributed by atoms with van der Waals surface area (Å²) in [6, 6.07) is 16.0. The van der Waals surface area contributed by atoms with Gasteiger partial charge in [-0.3, -0.25) is 9.59 Å². The number of amides is 2. The van der Waals surface area contributed by atoms with Crippen LogP contribution in [-0.4, -0.2) is 32.6 Å². The number of rotatable bonds is 8. The summed E-state index contributed by atoms with van der Waals surface area (Å²) in [6.07, 6.45) is 0.598. The number of carbonyl (C=O) groups is 2. The SMILES string of the molecule is COc1ccc(OC)c(CCNC(=O)c2cccc(NC(=O)c3cccs3)c2)c1. The Hall–Kier alpha value is -3.32. The molecule has 3 aromatic rings. The van der Waals surface area contributed by atoms with Gasteiger partial charge < -0.3 is 20.1 Å². The second-order valence-corrected chi connectivity index (χ2v) is 7.14. The third-order valence-electron chi connectivity index (χ3n) is 4.30. The van der Waals surface area contributed by atoms with Crippen molar-refractivity contribution in [3.8, 4) is 11.5 Å². The summed E-state index contributed by atoms with van der Waals surface area (Å²) in [5, 5.41) is 7.55. The molecule has 0 saturated heterocycles. The fraction of sp³-hybridized carbons (Fsp3) is 0.182. The first kappa shape index (κ1) is 20.4. The van der Waals surface area contributed by atoms with Crippen LogP contribution in [0.1, 0.15) is 25.6 Å². The molecule has 2 amide bonds. The van der Waals surface area contributed by atoms with Crippen molar-refractivity contribution in [1.29, 1.82) is 0 Å². The maximum atomic E-state index is 12.5. The molecule has 0 atom stereocenters. The molecule has 2 N–H and O–H groups in total. The van der Waals surface area contributed by atoms with E-state index >= 15 is 0 Å². The number of hydrogen-bond acceptors (Lipinski definition) is 5. The summed E-state index contributed by atoms with van der Waals surface area (Å²) >= 11 is 1.36. The van der Waals surface area contributed by atoms with Gasteiger partial charge in [0.25, 0.3) is 11.8 Å². The molecule has 0 saturated carbocycles. The van der Waals surface area contributed by atoms with Crippen LogP contribution in [-0.2, 0) is 6.42 Å². The van der Waals surface area contributed by atoms with Crippen molar-refractivity contribution in [3.63, 3.8) is 0 Å². The summed E-state index contributed by atoms with van der Waals surface area (Å²) in [5.41, 5.74) is 2.00. The normalized spacial score (nSPS) is 10.3. The minimum atomic E-state index is -0.209. The van der Waals surface area contributed by atoms with Gasteiger partial charge in [-0.25, -0.2) is 0 Å². The molecule has 0 aliphatic carbocycles. The van der Waals surface area contributed by atoms with E-state index in [-0.39, 0.29) is 11.8 Å². The van der Waals surface area contributed by atoms with Crippen LogP contribution in [0.3, 0.4) is 0 Å². The van der Waals surface area contributed by atoms with Crippen LogP contribution < -0.4 is 20.1 Å². The number of ether oxygens (including phenoxy) is 2. The Kier molecular flexibility index (Phi) is 6.86. The van der Waals surface area contributed by atoms with Crippen LogP contribution in [0.5, 0.6) is 11.5 Å². The van der Waals surface area contributed by atoms with E-state index in [0.29, 0.717) is 29.1 Å². The van der Waals surface area contributed by atoms with Crippen molar-refractivity contribution >= 4 is 28.8 Å². The van der Waals surface area contributed by atoms with Crippen LogP contribution in [0.15, 0.2) is 60.0 Å². The highest BCUT2D eigenvalue weighted by Crippen LogP contribution is 2.24. The first-order valence-electron chi connectivity index (χ1n) is 9.04. The number of thiophene rings is 1. The molecule has 1 heterocycles. The van der Waals surface area contributed by atoms with Crippen molar-refractivity contribution in [3.05, 3.63) is 76.0 Å². The van der Waals surface area contributed by atoms with Crippen molar-refractivity contribution in [2.45, 2.75) is 6.42 Å². The molecule has 0 aliphatic heterocycles. The predicted octanol–water partition coefficient (Wildman–Crippen LogP) is 3.99. The average Bonchev–Trinajstić information content (AvgIpc) is 3.29. The number of anilines is 1. The Labute approximate surface area is 173 Å². The molecular formula is C22H22N2O4S. The Balaban J connectivity index is 1.59. The van der Waals surface area contributed by atoms with E-state index in [0.717, 1.165) is 17.1 Å². The van der Waals surface area contributed by atoms with Crippen molar-refractivity contribution in [1.82, 2.24) is 5.32 Å². The van der Waals surface area contributed by atoms with Gasteiger partial charge in [-0.2, -0.15) is 0 Å². The van der Waals surface area contributed by atoms with Gasteiger partial charge in [0, 0.05) is 17.8 Å². The van der Waals surface area contributed by atoms with Gasteiger partial charge in [-0.1, -0.05) is 12.1 Å². The summed E-state index contributed by atoms with van der Waals surface area (Å²) in [7, 11) is 3.22. The molecule has 2 aromatic carbocycles. The second kappa shape index (κ2) is 9.75. The van der Waals surface area contributed by atoms with E-state index in [1.165, 1.54) is 11.3 Å². The lowest BCUT2D eigenvalue weighted by molar-refractivity contribution is 0.0952. The second-order valence-electron chi connectivity index (χ2n) is 6.20. The van der Waals surface area contributed by atoms with Gasteiger partial charge in [-0.05, 0) is 59.8 Å². The fourth-order valence-electron chi connectivity index (χ4n) is 2.83. The highest BCUT2D eigenvalue weighted by Gasteiger charge is 2.11. The minimum absolute atomic E-state index is 0.192. The maximum Gasteiger partial charge on any atom is 0.265 e. The summed E-state index contributed by atoms with van der Waals surface area (Å²) in [4.78, 5) is 25.3. The van der Waals surface area contributed by atoms with E-state index in [2.05, 4.69) is 10.6 Å². The molecule has 29 heavy (non-hydrogen) atoms. The van der Waals surface area contributed by atoms with E-state index in [9.17, 15) is 9.59 Å². The zero-order valence-electron chi connectivity index (χ0n) is 16.2. The molecule has 0 unspecified atom stereocenters. The monoisotopic (exact) mass is 410 g/mol. The highest BCUT2D eigenvalue weighted by molar-refractivity contribution is 7.12. The molecular weight excluding hydrogens is 388 g/mol. The van der Waals surface area contributed by atoms with Crippen molar-refractivity contribution in [2.24, 2.45) is 0 Å². The molecule has 1 aromatic heterocycles. The fourth-order valence-corrected chi connectivity index (χ4v) is 3.45. The van der Waals surface area contributed by atoms with Gasteiger partial charge >= 0.3 is 0 Å². The van der Waals surface area contributed by atoms with Crippen LogP contribution in [0.2, 0.25) is 0 Å². The van der Waals surface area contributed by atoms with Gasteiger partial charge in [0.2, 0.25) is 0 Å². The van der Waals surface area contributed by atoms with E-state index in [1.807, 2.05) is 29.6 Å². The molecule has 0 fully saturated rings. The van der Waals surface area contributed by atoms with E-state index < -0.39 is 0 Å². The van der Waals surface area contributed by atoms with E-state index in [4.69, 9.17) is 9.47 Å². The third-order valence-corrected chi connectivity index (χ3v) is 5.16. The predicted molar refractivity (Wildman–Crippen MR) is 114 cm³/mol. The topological polar surface area (TPSA) is 76.7 Å². The number of carbonyl (C=O) groups excluding carboxylic acids is 2. The largest absolute Gasteiger partial charge is 0.497 e. The van der Waals surface area contributed by atoms with Gasteiger partial charge in [0.15, 0.2) is 0 Å². The molecule has 6 nitrogen and oxygen atoms in total. The summed E-state index contributed by atoms with van der Waals surface area (Å²) in [5.74, 6) is 1.08. The van der Waals surface area contributed by atoms with Gasteiger partial charge in [-0.15, -0.1) is 11.3 Å². The lowest BCUT2D eigenvalue weighted by Gasteiger charge is -2.11. The quantitative estimate of drug-likeness (QED) is 0.589.